The van der Waals surface area contributed by atoms with Crippen LogP contribution >= 0.6 is 39.9 Å². The van der Waals surface area contributed by atoms with Gasteiger partial charge in [0.15, 0.2) is 0 Å². The first kappa shape index (κ1) is 16.3. The highest BCUT2D eigenvalue weighted by atomic mass is 79.9. The molecule has 0 radical (unpaired) electrons. The third-order valence-corrected chi connectivity index (χ3v) is 4.64. The van der Waals surface area contributed by atoms with Crippen LogP contribution in [0.2, 0.25) is 5.02 Å². The summed E-state index contributed by atoms with van der Waals surface area (Å²) in [5.41, 5.74) is 7.01. The number of nitrogens with two attached hydrogens (primary N) is 1. The van der Waals surface area contributed by atoms with E-state index in [4.69, 9.17) is 17.3 Å². The van der Waals surface area contributed by atoms with Crippen LogP contribution in [0.5, 0.6) is 0 Å². The fraction of sp³-hybridized carbons (Fsp3) is 0.538. The van der Waals surface area contributed by atoms with Crippen LogP contribution in [0.25, 0.3) is 0 Å². The van der Waals surface area contributed by atoms with Gasteiger partial charge in [-0.2, -0.15) is 0 Å². The van der Waals surface area contributed by atoms with Gasteiger partial charge in [-0.3, -0.25) is 4.90 Å². The molecule has 2 nitrogen and oxygen atoms in total. The van der Waals surface area contributed by atoms with Crippen LogP contribution in [0.1, 0.15) is 18.4 Å². The number of benzene rings is 1. The Balaban J connectivity index is 0.00000162. The van der Waals surface area contributed by atoms with Crippen LogP contribution in [-0.4, -0.2) is 24.5 Å². The van der Waals surface area contributed by atoms with Crippen molar-refractivity contribution in [1.29, 1.82) is 0 Å². The summed E-state index contributed by atoms with van der Waals surface area (Å²) in [7, 11) is 0. The summed E-state index contributed by atoms with van der Waals surface area (Å²) in [5.74, 6) is 0.725. The summed E-state index contributed by atoms with van der Waals surface area (Å²) < 4.78 is 0.980. The van der Waals surface area contributed by atoms with E-state index in [1.807, 2.05) is 6.07 Å². The largest absolute Gasteiger partial charge is 0.330 e. The van der Waals surface area contributed by atoms with E-state index in [-0.39, 0.29) is 12.4 Å². The predicted molar refractivity (Wildman–Crippen MR) is 83.5 cm³/mol. The standard InChI is InChI=1S/C13H18BrClN2.ClH/c14-12-7-11(1-2-13(12)15)9-17-5-3-10(8-16)4-6-17;/h1-2,7,10H,3-6,8-9,16H2;1H. The van der Waals surface area contributed by atoms with Crippen molar-refractivity contribution in [1.82, 2.24) is 4.90 Å². The summed E-state index contributed by atoms with van der Waals surface area (Å²) in [6, 6.07) is 6.16. The number of nitrogens with zero attached hydrogens (tertiary/aromatic N) is 1. The molecular formula is C13H19BrCl2N2. The Kier molecular flexibility index (Phi) is 6.96. The van der Waals surface area contributed by atoms with Crippen molar-refractivity contribution in [3.05, 3.63) is 33.3 Å². The summed E-state index contributed by atoms with van der Waals surface area (Å²) >= 11 is 9.45. The number of rotatable bonds is 3. The van der Waals surface area contributed by atoms with Crippen molar-refractivity contribution >= 4 is 39.9 Å². The molecule has 2 N–H and O–H groups in total. The van der Waals surface area contributed by atoms with Gasteiger partial charge in [0.2, 0.25) is 0 Å². The number of piperidine rings is 1. The summed E-state index contributed by atoms with van der Waals surface area (Å²) in [6.07, 6.45) is 2.45. The van der Waals surface area contributed by atoms with E-state index in [9.17, 15) is 0 Å². The van der Waals surface area contributed by atoms with Gasteiger partial charge in [0.1, 0.15) is 0 Å². The molecule has 0 unspecified atom stereocenters. The van der Waals surface area contributed by atoms with Gasteiger partial charge in [-0.25, -0.2) is 0 Å². The van der Waals surface area contributed by atoms with E-state index < -0.39 is 0 Å². The van der Waals surface area contributed by atoms with Crippen LogP contribution in [0.3, 0.4) is 0 Å². The van der Waals surface area contributed by atoms with Gasteiger partial charge in [-0.15, -0.1) is 12.4 Å². The van der Waals surface area contributed by atoms with Crippen LogP contribution in [0.15, 0.2) is 22.7 Å². The van der Waals surface area contributed by atoms with Gasteiger partial charge in [0.05, 0.1) is 5.02 Å². The van der Waals surface area contributed by atoms with Crippen LogP contribution < -0.4 is 5.73 Å². The molecule has 1 aromatic rings. The first-order valence-corrected chi connectivity index (χ1v) is 7.22. The van der Waals surface area contributed by atoms with E-state index in [0.717, 1.165) is 41.6 Å². The number of hydrogen-bond donors (Lipinski definition) is 1. The fourth-order valence-electron chi connectivity index (χ4n) is 2.28. The molecule has 1 saturated heterocycles. The van der Waals surface area contributed by atoms with E-state index >= 15 is 0 Å². The monoisotopic (exact) mass is 352 g/mol. The Morgan fingerprint density at radius 2 is 2.00 bits per heavy atom. The number of hydrogen-bond acceptors (Lipinski definition) is 2. The number of likely N-dealkylation sites (tertiary alicyclic amines) is 1. The molecule has 1 aromatic carbocycles. The Morgan fingerprint density at radius 1 is 1.33 bits per heavy atom. The molecule has 0 spiro atoms. The van der Waals surface area contributed by atoms with Crippen LogP contribution in [0, 0.1) is 5.92 Å². The summed E-state index contributed by atoms with van der Waals surface area (Å²) in [5, 5.41) is 0.774. The highest BCUT2D eigenvalue weighted by molar-refractivity contribution is 9.10. The lowest BCUT2D eigenvalue weighted by atomic mass is 9.97. The molecule has 0 amide bonds. The van der Waals surface area contributed by atoms with Crippen LogP contribution in [0.4, 0.5) is 0 Å². The molecule has 5 heteroatoms. The second-order valence-corrected chi connectivity index (χ2v) is 5.97. The zero-order chi connectivity index (χ0) is 12.3. The number of halogens is 3. The Hall–Kier alpha value is 0.200. The molecule has 102 valence electrons. The molecule has 0 aromatic heterocycles. The topological polar surface area (TPSA) is 29.3 Å². The van der Waals surface area contributed by atoms with Gasteiger partial charge in [0, 0.05) is 11.0 Å². The third kappa shape index (κ3) is 4.39. The van der Waals surface area contributed by atoms with Crippen molar-refractivity contribution in [3.63, 3.8) is 0 Å². The Bertz CT molecular complexity index is 379. The van der Waals surface area contributed by atoms with Gasteiger partial charge < -0.3 is 5.73 Å². The molecule has 2 rings (SSSR count). The van der Waals surface area contributed by atoms with Gasteiger partial charge in [-0.05, 0) is 72.0 Å². The van der Waals surface area contributed by atoms with E-state index in [1.54, 1.807) is 0 Å². The minimum Gasteiger partial charge on any atom is -0.330 e. The van der Waals surface area contributed by atoms with E-state index in [0.29, 0.717) is 0 Å². The SMILES string of the molecule is Cl.NCC1CCN(Cc2ccc(Cl)c(Br)c2)CC1. The first-order valence-electron chi connectivity index (χ1n) is 6.05. The van der Waals surface area contributed by atoms with Gasteiger partial charge >= 0.3 is 0 Å². The third-order valence-electron chi connectivity index (χ3n) is 3.43. The predicted octanol–water partition coefficient (Wildman–Crippen LogP) is 3.70. The molecule has 0 bridgehead atoms. The van der Waals surface area contributed by atoms with E-state index in [1.165, 1.54) is 18.4 Å². The molecule has 0 aliphatic carbocycles. The molecule has 1 heterocycles. The Labute approximate surface area is 128 Å². The van der Waals surface area contributed by atoms with Crippen molar-refractivity contribution < 1.29 is 0 Å². The van der Waals surface area contributed by atoms with Crippen LogP contribution in [-0.2, 0) is 6.54 Å². The lowest BCUT2D eigenvalue weighted by Crippen LogP contribution is -2.35. The average molecular weight is 354 g/mol. The quantitative estimate of drug-likeness (QED) is 0.897. The fourth-order valence-corrected chi connectivity index (χ4v) is 2.82. The molecule has 0 saturated carbocycles. The highest BCUT2D eigenvalue weighted by Crippen LogP contribution is 2.25. The molecule has 18 heavy (non-hydrogen) atoms. The lowest BCUT2D eigenvalue weighted by Gasteiger charge is -2.31. The summed E-state index contributed by atoms with van der Waals surface area (Å²) in [6.45, 7) is 4.15. The zero-order valence-electron chi connectivity index (χ0n) is 10.2. The highest BCUT2D eigenvalue weighted by Gasteiger charge is 2.17. The maximum atomic E-state index is 5.99. The smallest absolute Gasteiger partial charge is 0.0548 e. The van der Waals surface area contributed by atoms with E-state index in [2.05, 4.69) is 33.0 Å². The normalized spacial score (nSPS) is 17.5. The average Bonchev–Trinajstić information content (AvgIpc) is 2.35. The van der Waals surface area contributed by atoms with Crippen molar-refractivity contribution in [3.8, 4) is 0 Å². The molecule has 1 aliphatic heterocycles. The molecule has 1 fully saturated rings. The van der Waals surface area contributed by atoms with Crippen molar-refractivity contribution in [2.45, 2.75) is 19.4 Å². The molecular weight excluding hydrogens is 335 g/mol. The van der Waals surface area contributed by atoms with Crippen molar-refractivity contribution in [2.24, 2.45) is 11.7 Å². The second-order valence-electron chi connectivity index (χ2n) is 4.70. The van der Waals surface area contributed by atoms with Crippen molar-refractivity contribution in [2.75, 3.05) is 19.6 Å². The molecule has 1 aliphatic rings. The summed E-state index contributed by atoms with van der Waals surface area (Å²) in [4.78, 5) is 2.49. The second kappa shape index (κ2) is 7.71. The minimum atomic E-state index is 0. The maximum Gasteiger partial charge on any atom is 0.0548 e. The maximum absolute atomic E-state index is 5.99. The van der Waals surface area contributed by atoms with Gasteiger partial charge in [0.25, 0.3) is 0 Å². The van der Waals surface area contributed by atoms with Gasteiger partial charge in [-0.1, -0.05) is 17.7 Å². The Morgan fingerprint density at radius 3 is 2.56 bits per heavy atom. The minimum absolute atomic E-state index is 0. The first-order chi connectivity index (χ1) is 8.19. The lowest BCUT2D eigenvalue weighted by molar-refractivity contribution is 0.180. The molecule has 0 atom stereocenters. The zero-order valence-corrected chi connectivity index (χ0v) is 13.4.